The van der Waals surface area contributed by atoms with Crippen molar-refractivity contribution >= 4 is 14.4 Å². The van der Waals surface area contributed by atoms with Gasteiger partial charge in [-0.15, -0.1) is 5.10 Å². The van der Waals surface area contributed by atoms with Gasteiger partial charge in [-0.1, -0.05) is 38.6 Å². The van der Waals surface area contributed by atoms with Crippen LogP contribution in [-0.2, 0) is 16.2 Å². The van der Waals surface area contributed by atoms with Gasteiger partial charge in [0.05, 0.1) is 24.0 Å². The molecule has 0 aliphatic carbocycles. The number of likely N-dealkylation sites (tertiary alicyclic amines) is 1. The van der Waals surface area contributed by atoms with Crippen LogP contribution in [0.2, 0.25) is 18.1 Å². The molecule has 1 aliphatic rings. The number of aryl methyl sites for hydroxylation is 1. The summed E-state index contributed by atoms with van der Waals surface area (Å²) in [5.41, 5.74) is 0.550. The van der Waals surface area contributed by atoms with Gasteiger partial charge in [-0.05, 0) is 24.6 Å². The summed E-state index contributed by atoms with van der Waals surface area (Å²) in [6.45, 7) is 15.0. The summed E-state index contributed by atoms with van der Waals surface area (Å²) in [6.07, 6.45) is 2.02. The monoisotopic (exact) mass is 396 g/mol. The van der Waals surface area contributed by atoms with Crippen LogP contribution in [-0.4, -0.2) is 64.7 Å². The van der Waals surface area contributed by atoms with Crippen molar-refractivity contribution < 1.29 is 19.1 Å². The molecule has 1 aromatic heterocycles. The Balaban J connectivity index is 2.22. The number of amides is 1. The molecular weight excluding hydrogens is 364 g/mol. The third-order valence-corrected chi connectivity index (χ3v) is 10.1. The summed E-state index contributed by atoms with van der Waals surface area (Å²) in [6, 6.07) is -0.464. The van der Waals surface area contributed by atoms with Gasteiger partial charge in [-0.3, -0.25) is 4.90 Å². The van der Waals surface area contributed by atoms with E-state index in [2.05, 4.69) is 50.8 Å². The highest BCUT2D eigenvalue weighted by Gasteiger charge is 2.46. The maximum atomic E-state index is 12.5. The van der Waals surface area contributed by atoms with Crippen molar-refractivity contribution in [3.8, 4) is 0 Å². The average molecular weight is 397 g/mol. The smallest absolute Gasteiger partial charge is 0.410 e. The van der Waals surface area contributed by atoms with Crippen LogP contribution in [0.4, 0.5) is 4.79 Å². The molecule has 0 spiro atoms. The SMILES string of the molecule is C=CCOC(=O)N1C[C@H](O[Si](C)(C)C(C)(C)C)C[C@H]1C(O)c1cnnn1C. The van der Waals surface area contributed by atoms with Crippen LogP contribution in [0.5, 0.6) is 0 Å². The van der Waals surface area contributed by atoms with Gasteiger partial charge in [0.15, 0.2) is 8.32 Å². The average Bonchev–Trinajstić information content (AvgIpc) is 3.17. The fourth-order valence-corrected chi connectivity index (χ4v) is 4.35. The third-order valence-electron chi connectivity index (χ3n) is 5.55. The van der Waals surface area contributed by atoms with E-state index in [9.17, 15) is 9.90 Å². The van der Waals surface area contributed by atoms with Crippen LogP contribution < -0.4 is 0 Å². The topological polar surface area (TPSA) is 89.7 Å². The van der Waals surface area contributed by atoms with E-state index in [1.165, 1.54) is 17.0 Å². The number of nitrogens with zero attached hydrogens (tertiary/aromatic N) is 4. The fourth-order valence-electron chi connectivity index (χ4n) is 2.99. The summed E-state index contributed by atoms with van der Waals surface area (Å²) in [5.74, 6) is 0. The molecule has 152 valence electrons. The Morgan fingerprint density at radius 1 is 1.52 bits per heavy atom. The van der Waals surface area contributed by atoms with Gasteiger partial charge in [0.2, 0.25) is 0 Å². The third kappa shape index (κ3) is 4.77. The molecule has 8 nitrogen and oxygen atoms in total. The van der Waals surface area contributed by atoms with Crippen molar-refractivity contribution in [1.82, 2.24) is 19.9 Å². The molecule has 27 heavy (non-hydrogen) atoms. The zero-order valence-corrected chi connectivity index (χ0v) is 18.2. The molecule has 0 radical (unpaired) electrons. The fraction of sp³-hybridized carbons (Fsp3) is 0.722. The Bertz CT molecular complexity index is 671. The normalized spacial score (nSPS) is 22.0. The number of rotatable bonds is 6. The van der Waals surface area contributed by atoms with Crippen molar-refractivity contribution in [1.29, 1.82) is 0 Å². The first-order chi connectivity index (χ1) is 12.5. The molecule has 1 aromatic rings. The molecule has 3 atom stereocenters. The van der Waals surface area contributed by atoms with E-state index in [0.29, 0.717) is 18.7 Å². The van der Waals surface area contributed by atoms with E-state index in [4.69, 9.17) is 9.16 Å². The highest BCUT2D eigenvalue weighted by atomic mass is 28.4. The van der Waals surface area contributed by atoms with Crippen molar-refractivity contribution in [2.75, 3.05) is 13.2 Å². The first kappa shape index (κ1) is 21.6. The van der Waals surface area contributed by atoms with Gasteiger partial charge < -0.3 is 14.3 Å². The first-order valence-electron chi connectivity index (χ1n) is 9.22. The Hall–Kier alpha value is -1.71. The Morgan fingerprint density at radius 3 is 2.70 bits per heavy atom. The van der Waals surface area contributed by atoms with E-state index in [-0.39, 0.29) is 17.7 Å². The van der Waals surface area contributed by atoms with Gasteiger partial charge in [-0.25, -0.2) is 9.48 Å². The van der Waals surface area contributed by atoms with Gasteiger partial charge in [0.1, 0.15) is 12.7 Å². The molecule has 0 bridgehead atoms. The molecule has 0 aromatic carbocycles. The van der Waals surface area contributed by atoms with Gasteiger partial charge in [0, 0.05) is 13.6 Å². The molecule has 1 unspecified atom stereocenters. The van der Waals surface area contributed by atoms with Gasteiger partial charge >= 0.3 is 6.09 Å². The van der Waals surface area contributed by atoms with E-state index in [0.717, 1.165) is 0 Å². The summed E-state index contributed by atoms with van der Waals surface area (Å²) < 4.78 is 13.2. The molecule has 1 fully saturated rings. The predicted molar refractivity (Wildman–Crippen MR) is 105 cm³/mol. The van der Waals surface area contributed by atoms with Crippen LogP contribution >= 0.6 is 0 Å². The van der Waals surface area contributed by atoms with Crippen LogP contribution in [0.3, 0.4) is 0 Å². The minimum absolute atomic E-state index is 0.0594. The molecule has 9 heteroatoms. The number of hydrogen-bond donors (Lipinski definition) is 1. The molecule has 2 heterocycles. The van der Waals surface area contributed by atoms with Crippen molar-refractivity contribution in [2.24, 2.45) is 7.05 Å². The molecule has 2 rings (SSSR count). The lowest BCUT2D eigenvalue weighted by Gasteiger charge is -2.38. The first-order valence-corrected chi connectivity index (χ1v) is 12.1. The Kier molecular flexibility index (Phi) is 6.49. The lowest BCUT2D eigenvalue weighted by molar-refractivity contribution is 0.0513. The summed E-state index contributed by atoms with van der Waals surface area (Å²) >= 11 is 0. The van der Waals surface area contributed by atoms with Crippen molar-refractivity contribution in [3.05, 3.63) is 24.5 Å². The van der Waals surface area contributed by atoms with Crippen LogP contribution in [0.25, 0.3) is 0 Å². The van der Waals surface area contributed by atoms with E-state index in [1.807, 2.05) is 0 Å². The summed E-state index contributed by atoms with van der Waals surface area (Å²) in [7, 11) is -0.295. The van der Waals surface area contributed by atoms with Crippen molar-refractivity contribution in [3.63, 3.8) is 0 Å². The number of aliphatic hydroxyl groups excluding tert-OH is 1. The molecular formula is C18H32N4O4Si. The number of aromatic nitrogens is 3. The molecule has 1 saturated heterocycles. The lowest BCUT2D eigenvalue weighted by atomic mass is 10.1. The van der Waals surface area contributed by atoms with Gasteiger partial charge in [0.25, 0.3) is 0 Å². The second kappa shape index (κ2) is 8.11. The quantitative estimate of drug-likeness (QED) is 0.587. The van der Waals surface area contributed by atoms with Gasteiger partial charge in [-0.2, -0.15) is 0 Å². The van der Waals surface area contributed by atoms with Crippen LogP contribution in [0, 0.1) is 0 Å². The highest BCUT2D eigenvalue weighted by molar-refractivity contribution is 6.74. The van der Waals surface area contributed by atoms with Crippen LogP contribution in [0.15, 0.2) is 18.9 Å². The minimum Gasteiger partial charge on any atom is -0.445 e. The molecule has 0 saturated carbocycles. The zero-order valence-electron chi connectivity index (χ0n) is 17.2. The van der Waals surface area contributed by atoms with E-state index < -0.39 is 26.6 Å². The van der Waals surface area contributed by atoms with E-state index in [1.54, 1.807) is 11.9 Å². The second-order valence-electron chi connectivity index (χ2n) is 8.55. The van der Waals surface area contributed by atoms with E-state index >= 15 is 0 Å². The largest absolute Gasteiger partial charge is 0.445 e. The Morgan fingerprint density at radius 2 is 2.19 bits per heavy atom. The number of carbonyl (C=O) groups excluding carboxylic acids is 1. The number of hydrogen-bond acceptors (Lipinski definition) is 6. The molecule has 1 amide bonds. The lowest BCUT2D eigenvalue weighted by Crippen LogP contribution is -2.45. The number of aliphatic hydroxyl groups is 1. The second-order valence-corrected chi connectivity index (χ2v) is 13.3. The summed E-state index contributed by atoms with van der Waals surface area (Å²) in [4.78, 5) is 14.1. The summed E-state index contributed by atoms with van der Waals surface area (Å²) in [5, 5.41) is 18.7. The number of carbonyl (C=O) groups is 1. The predicted octanol–water partition coefficient (Wildman–Crippen LogP) is 2.64. The maximum absolute atomic E-state index is 12.5. The maximum Gasteiger partial charge on any atom is 0.410 e. The Labute approximate surface area is 162 Å². The molecule has 1 N–H and O–H groups in total. The van der Waals surface area contributed by atoms with Crippen LogP contribution in [0.1, 0.15) is 39.0 Å². The zero-order chi connectivity index (χ0) is 20.4. The standard InChI is InChI=1S/C18H32N4O4Si/c1-8-9-25-17(24)22-12-13(26-27(6,7)18(2,3)4)10-14(22)16(23)15-11-19-20-21(15)5/h8,11,13-14,16,23H,1,9-10,12H2,2-7H3/t13-,14+,16?/m1/s1. The minimum atomic E-state index is -2.01. The number of ether oxygens (including phenoxy) is 1. The van der Waals surface area contributed by atoms with Crippen molar-refractivity contribution in [2.45, 2.75) is 63.6 Å². The molecule has 1 aliphatic heterocycles. The highest BCUT2D eigenvalue weighted by Crippen LogP contribution is 2.40.